The zero-order valence-corrected chi connectivity index (χ0v) is 15.5. The van der Waals surface area contributed by atoms with Crippen molar-refractivity contribution in [1.29, 1.82) is 0 Å². The van der Waals surface area contributed by atoms with Crippen molar-refractivity contribution in [2.24, 2.45) is 0 Å². The van der Waals surface area contributed by atoms with Crippen LogP contribution in [0.2, 0.25) is 0 Å². The second-order valence-corrected chi connectivity index (χ2v) is 6.61. The minimum absolute atomic E-state index is 0.0130. The number of carbonyl (C=O) groups excluding carboxylic acids is 2. The van der Waals surface area contributed by atoms with E-state index in [0.717, 1.165) is 12.1 Å². The zero-order chi connectivity index (χ0) is 21.5. The molecular weight excluding hydrogens is 401 g/mol. The number of hydrogen-bond acceptors (Lipinski definition) is 4. The predicted molar refractivity (Wildman–Crippen MR) is 102 cm³/mol. The minimum atomic E-state index is -4.48. The third-order valence-corrected chi connectivity index (χ3v) is 4.43. The van der Waals surface area contributed by atoms with Crippen molar-refractivity contribution in [2.75, 3.05) is 10.6 Å². The van der Waals surface area contributed by atoms with Crippen LogP contribution in [-0.2, 0) is 11.0 Å². The number of aromatic nitrogens is 2. The van der Waals surface area contributed by atoms with Gasteiger partial charge in [-0.25, -0.2) is 4.68 Å². The Morgan fingerprint density at radius 1 is 1.20 bits per heavy atom. The van der Waals surface area contributed by atoms with Crippen LogP contribution in [0.3, 0.4) is 0 Å². The maximum atomic E-state index is 12.9. The number of ether oxygens (including phenoxy) is 1. The lowest BCUT2D eigenvalue weighted by molar-refractivity contribution is -0.137. The monoisotopic (exact) mass is 416 g/mol. The van der Waals surface area contributed by atoms with Crippen molar-refractivity contribution in [3.05, 3.63) is 66.0 Å². The lowest BCUT2D eigenvalue weighted by atomic mass is 10.2. The molecule has 2 amide bonds. The van der Waals surface area contributed by atoms with Crippen molar-refractivity contribution in [3.8, 4) is 11.4 Å². The Morgan fingerprint density at radius 3 is 2.77 bits per heavy atom. The van der Waals surface area contributed by atoms with Crippen LogP contribution >= 0.6 is 0 Å². The van der Waals surface area contributed by atoms with Gasteiger partial charge in [0.25, 0.3) is 11.8 Å². The Labute approximate surface area is 168 Å². The van der Waals surface area contributed by atoms with Gasteiger partial charge < -0.3 is 15.4 Å². The van der Waals surface area contributed by atoms with Crippen LogP contribution in [0.25, 0.3) is 5.69 Å². The number of nitrogens with zero attached hydrogens (tertiary/aromatic N) is 2. The van der Waals surface area contributed by atoms with Crippen molar-refractivity contribution < 1.29 is 27.5 Å². The Morgan fingerprint density at radius 2 is 2.00 bits per heavy atom. The summed E-state index contributed by atoms with van der Waals surface area (Å²) in [5, 5.41) is 9.36. The van der Waals surface area contributed by atoms with Gasteiger partial charge in [-0.1, -0.05) is 6.07 Å². The molecule has 1 aromatic heterocycles. The predicted octanol–water partition coefficient (Wildman–Crippen LogP) is 3.86. The van der Waals surface area contributed by atoms with Gasteiger partial charge in [0, 0.05) is 11.9 Å². The highest BCUT2D eigenvalue weighted by Crippen LogP contribution is 2.32. The number of rotatable bonds is 3. The number of carbonyl (C=O) groups is 2. The van der Waals surface area contributed by atoms with Gasteiger partial charge in [0.1, 0.15) is 5.75 Å². The van der Waals surface area contributed by atoms with Gasteiger partial charge in [-0.3, -0.25) is 9.59 Å². The number of amides is 2. The summed E-state index contributed by atoms with van der Waals surface area (Å²) in [7, 11) is 0. The molecule has 0 aliphatic carbocycles. The molecule has 2 N–H and O–H groups in total. The van der Waals surface area contributed by atoms with Crippen LogP contribution in [0.1, 0.15) is 23.0 Å². The van der Waals surface area contributed by atoms with E-state index in [1.165, 1.54) is 29.1 Å². The second-order valence-electron chi connectivity index (χ2n) is 6.61. The number of benzene rings is 2. The fourth-order valence-corrected chi connectivity index (χ4v) is 2.90. The first-order chi connectivity index (χ1) is 14.2. The third kappa shape index (κ3) is 3.84. The van der Waals surface area contributed by atoms with E-state index in [1.54, 1.807) is 25.1 Å². The highest BCUT2D eigenvalue weighted by Gasteiger charge is 2.30. The molecule has 0 saturated carbocycles. The molecule has 1 aliphatic rings. The standard InChI is InChI=1S/C20H15F3N4O3/c1-11-18(28)25-16-10-13(5-6-17(16)30-11)24-19(29)15-7-8-27(26-15)14-4-2-3-12(9-14)20(21,22)23/h2-11H,1H3,(H,24,29)(H,25,28)/t11-/m0/s1. The molecule has 4 rings (SSSR count). The molecule has 154 valence electrons. The lowest BCUT2D eigenvalue weighted by Crippen LogP contribution is -2.34. The maximum Gasteiger partial charge on any atom is 0.416 e. The highest BCUT2D eigenvalue weighted by molar-refractivity contribution is 6.04. The van der Waals surface area contributed by atoms with Gasteiger partial charge in [0.15, 0.2) is 11.8 Å². The normalized spacial score (nSPS) is 15.7. The van der Waals surface area contributed by atoms with Gasteiger partial charge in [0.2, 0.25) is 0 Å². The fourth-order valence-electron chi connectivity index (χ4n) is 2.90. The van der Waals surface area contributed by atoms with Gasteiger partial charge in [-0.2, -0.15) is 18.3 Å². The molecule has 0 fully saturated rings. The Bertz CT molecular complexity index is 1140. The van der Waals surface area contributed by atoms with Gasteiger partial charge >= 0.3 is 6.18 Å². The largest absolute Gasteiger partial charge is 0.479 e. The lowest BCUT2D eigenvalue weighted by Gasteiger charge is -2.23. The first-order valence-electron chi connectivity index (χ1n) is 8.87. The molecule has 7 nitrogen and oxygen atoms in total. The van der Waals surface area contributed by atoms with Crippen LogP contribution in [0, 0.1) is 0 Å². The quantitative estimate of drug-likeness (QED) is 0.679. The van der Waals surface area contributed by atoms with Crippen LogP contribution in [-0.4, -0.2) is 27.7 Å². The number of halogens is 3. The van der Waals surface area contributed by atoms with Crippen LogP contribution in [0.4, 0.5) is 24.5 Å². The summed E-state index contributed by atoms with van der Waals surface area (Å²) < 4.78 is 45.3. The van der Waals surface area contributed by atoms with Gasteiger partial charge in [-0.15, -0.1) is 0 Å². The summed E-state index contributed by atoms with van der Waals surface area (Å²) >= 11 is 0. The number of nitrogens with one attached hydrogen (secondary N) is 2. The Kier molecular flexibility index (Phi) is 4.69. The van der Waals surface area contributed by atoms with E-state index < -0.39 is 23.8 Å². The summed E-state index contributed by atoms with van der Waals surface area (Å²) in [5.41, 5.74) is 0.191. The van der Waals surface area contributed by atoms with Gasteiger partial charge in [0.05, 0.1) is 16.9 Å². The Hall–Kier alpha value is -3.82. The number of hydrogen-bond donors (Lipinski definition) is 2. The van der Waals surface area contributed by atoms with E-state index in [4.69, 9.17) is 4.74 Å². The molecule has 1 aliphatic heterocycles. The molecular formula is C20H15F3N4O3. The summed E-state index contributed by atoms with van der Waals surface area (Å²) in [6.07, 6.45) is -3.70. The molecule has 0 bridgehead atoms. The molecule has 0 unspecified atom stereocenters. The molecule has 3 aromatic rings. The van der Waals surface area contributed by atoms with E-state index in [-0.39, 0.29) is 17.3 Å². The van der Waals surface area contributed by atoms with Crippen molar-refractivity contribution in [1.82, 2.24) is 9.78 Å². The fraction of sp³-hybridized carbons (Fsp3) is 0.150. The average molecular weight is 416 g/mol. The summed E-state index contributed by atoms with van der Waals surface area (Å²) in [4.78, 5) is 24.2. The van der Waals surface area contributed by atoms with Gasteiger partial charge in [-0.05, 0) is 49.4 Å². The molecule has 0 spiro atoms. The molecule has 0 radical (unpaired) electrons. The molecule has 2 heterocycles. The van der Waals surface area contributed by atoms with Crippen molar-refractivity contribution >= 4 is 23.2 Å². The highest BCUT2D eigenvalue weighted by atomic mass is 19.4. The summed E-state index contributed by atoms with van der Waals surface area (Å²) in [5.74, 6) is -0.378. The minimum Gasteiger partial charge on any atom is -0.479 e. The number of anilines is 2. The second kappa shape index (κ2) is 7.21. The molecule has 0 saturated heterocycles. The van der Waals surface area contributed by atoms with E-state index in [0.29, 0.717) is 17.1 Å². The Balaban J connectivity index is 1.52. The van der Waals surface area contributed by atoms with E-state index in [1.807, 2.05) is 0 Å². The first kappa shape index (κ1) is 19.5. The topological polar surface area (TPSA) is 85.2 Å². The molecule has 10 heteroatoms. The maximum absolute atomic E-state index is 12.9. The number of fused-ring (bicyclic) bond motifs is 1. The van der Waals surface area contributed by atoms with Crippen LogP contribution < -0.4 is 15.4 Å². The molecule has 1 atom stereocenters. The SMILES string of the molecule is C[C@@H]1Oc2ccc(NC(=O)c3ccn(-c4cccc(C(F)(F)F)c4)n3)cc2NC1=O. The third-order valence-electron chi connectivity index (χ3n) is 4.43. The zero-order valence-electron chi connectivity index (χ0n) is 15.5. The molecule has 2 aromatic carbocycles. The van der Waals surface area contributed by atoms with Crippen molar-refractivity contribution in [2.45, 2.75) is 19.2 Å². The van der Waals surface area contributed by atoms with Crippen LogP contribution in [0.5, 0.6) is 5.75 Å². The molecule has 30 heavy (non-hydrogen) atoms. The van der Waals surface area contributed by atoms with E-state index in [2.05, 4.69) is 15.7 Å². The average Bonchev–Trinajstić information content (AvgIpc) is 3.19. The first-order valence-corrected chi connectivity index (χ1v) is 8.87. The van der Waals surface area contributed by atoms with Crippen LogP contribution in [0.15, 0.2) is 54.7 Å². The smallest absolute Gasteiger partial charge is 0.416 e. The summed E-state index contributed by atoms with van der Waals surface area (Å²) in [6.45, 7) is 1.62. The summed E-state index contributed by atoms with van der Waals surface area (Å²) in [6, 6.07) is 10.8. The van der Waals surface area contributed by atoms with Crippen molar-refractivity contribution in [3.63, 3.8) is 0 Å². The van der Waals surface area contributed by atoms with E-state index in [9.17, 15) is 22.8 Å². The number of alkyl halides is 3. The van der Waals surface area contributed by atoms with E-state index >= 15 is 0 Å².